The third-order valence-corrected chi connectivity index (χ3v) is 5.50. The maximum Gasteiger partial charge on any atom is 0.0126 e. The van der Waals surface area contributed by atoms with E-state index in [0.29, 0.717) is 0 Å². The summed E-state index contributed by atoms with van der Waals surface area (Å²) in [6.07, 6.45) is 12.6. The highest BCUT2D eigenvalue weighted by atomic mass is 32.2. The highest BCUT2D eigenvalue weighted by molar-refractivity contribution is 7.99. The zero-order valence-corrected chi connectivity index (χ0v) is 10.6. The van der Waals surface area contributed by atoms with E-state index in [-0.39, 0.29) is 0 Å². The molecule has 0 amide bonds. The molecule has 0 aromatic heterocycles. The van der Waals surface area contributed by atoms with Crippen LogP contribution in [0.4, 0.5) is 0 Å². The molecule has 3 aliphatic rings. The van der Waals surface area contributed by atoms with E-state index in [9.17, 15) is 0 Å². The first kappa shape index (κ1) is 10.5. The second-order valence-corrected chi connectivity index (χ2v) is 6.87. The molecule has 3 aliphatic carbocycles. The van der Waals surface area contributed by atoms with Gasteiger partial charge in [0.1, 0.15) is 0 Å². The molecule has 0 aromatic carbocycles. The Kier molecular flexibility index (Phi) is 2.99. The lowest BCUT2D eigenvalue weighted by atomic mass is 10.1. The van der Waals surface area contributed by atoms with Crippen LogP contribution >= 0.6 is 11.8 Å². The van der Waals surface area contributed by atoms with Gasteiger partial charge in [0.15, 0.2) is 0 Å². The van der Waals surface area contributed by atoms with Crippen LogP contribution in [0.15, 0.2) is 0 Å². The third kappa shape index (κ3) is 2.52. The van der Waals surface area contributed by atoms with Crippen molar-refractivity contribution >= 4 is 11.8 Å². The maximum atomic E-state index is 3.99. The summed E-state index contributed by atoms with van der Waals surface area (Å²) >= 11 is 2.07. The van der Waals surface area contributed by atoms with Crippen molar-refractivity contribution in [2.45, 2.75) is 62.3 Å². The van der Waals surface area contributed by atoms with Gasteiger partial charge in [-0.15, -0.1) is 0 Å². The van der Waals surface area contributed by atoms with E-state index >= 15 is 0 Å². The van der Waals surface area contributed by atoms with Crippen LogP contribution in [0, 0.1) is 11.8 Å². The molecule has 3 saturated carbocycles. The smallest absolute Gasteiger partial charge is 0.0126 e. The summed E-state index contributed by atoms with van der Waals surface area (Å²) in [5.41, 5.74) is 0. The van der Waals surface area contributed by atoms with Gasteiger partial charge < -0.3 is 5.32 Å². The molecular weight excluding hydrogens is 202 g/mol. The van der Waals surface area contributed by atoms with E-state index in [1.54, 1.807) is 0 Å². The van der Waals surface area contributed by atoms with Crippen molar-refractivity contribution < 1.29 is 0 Å². The lowest BCUT2D eigenvalue weighted by molar-refractivity contribution is 0.363. The average molecular weight is 225 g/mol. The van der Waals surface area contributed by atoms with E-state index in [4.69, 9.17) is 0 Å². The molecule has 2 atom stereocenters. The van der Waals surface area contributed by atoms with Crippen molar-refractivity contribution in [2.75, 3.05) is 6.26 Å². The Morgan fingerprint density at radius 1 is 1.00 bits per heavy atom. The third-order valence-electron chi connectivity index (χ3n) is 4.41. The highest BCUT2D eigenvalue weighted by Gasteiger charge is 2.42. The standard InChI is InChI=1S/C13H23NS/c1-15-12-7-6-11(8-12)14-13(9-2-3-9)10-4-5-10/h9-14H,2-8H2,1H3. The van der Waals surface area contributed by atoms with Crippen LogP contribution in [-0.4, -0.2) is 23.6 Å². The first-order chi connectivity index (χ1) is 7.36. The zero-order chi connectivity index (χ0) is 10.3. The number of hydrogen-bond acceptors (Lipinski definition) is 2. The fourth-order valence-electron chi connectivity index (χ4n) is 3.15. The zero-order valence-electron chi connectivity index (χ0n) is 9.74. The Morgan fingerprint density at radius 3 is 2.13 bits per heavy atom. The SMILES string of the molecule is CSC1CCC(NC(C2CC2)C2CC2)C1. The van der Waals surface area contributed by atoms with Crippen molar-refractivity contribution in [3.05, 3.63) is 0 Å². The second kappa shape index (κ2) is 4.29. The van der Waals surface area contributed by atoms with Crippen LogP contribution < -0.4 is 5.32 Å². The van der Waals surface area contributed by atoms with Gasteiger partial charge in [0.05, 0.1) is 0 Å². The van der Waals surface area contributed by atoms with E-state index in [1.165, 1.54) is 44.9 Å². The second-order valence-electron chi connectivity index (χ2n) is 5.73. The monoisotopic (exact) mass is 225 g/mol. The first-order valence-electron chi connectivity index (χ1n) is 6.65. The topological polar surface area (TPSA) is 12.0 Å². The van der Waals surface area contributed by atoms with Crippen molar-refractivity contribution in [1.29, 1.82) is 0 Å². The van der Waals surface area contributed by atoms with Crippen molar-refractivity contribution in [3.8, 4) is 0 Å². The van der Waals surface area contributed by atoms with Crippen molar-refractivity contribution in [1.82, 2.24) is 5.32 Å². The normalized spacial score (nSPS) is 36.4. The molecular formula is C13H23NS. The maximum absolute atomic E-state index is 3.99. The lowest BCUT2D eigenvalue weighted by Gasteiger charge is -2.22. The largest absolute Gasteiger partial charge is 0.311 e. The molecule has 0 aromatic rings. The molecule has 3 fully saturated rings. The van der Waals surface area contributed by atoms with Gasteiger partial charge in [0.2, 0.25) is 0 Å². The van der Waals surface area contributed by atoms with Crippen molar-refractivity contribution in [2.24, 2.45) is 11.8 Å². The Balaban J connectivity index is 1.50. The number of nitrogens with one attached hydrogen (secondary N) is 1. The predicted molar refractivity (Wildman–Crippen MR) is 67.3 cm³/mol. The van der Waals surface area contributed by atoms with Gasteiger partial charge in [-0.1, -0.05) is 0 Å². The van der Waals surface area contributed by atoms with Crippen LogP contribution in [0.25, 0.3) is 0 Å². The fourth-order valence-corrected chi connectivity index (χ4v) is 3.94. The Hall–Kier alpha value is 0.310. The van der Waals surface area contributed by atoms with Crippen LogP contribution in [0.3, 0.4) is 0 Å². The molecule has 0 spiro atoms. The quantitative estimate of drug-likeness (QED) is 0.772. The van der Waals surface area contributed by atoms with Crippen LogP contribution in [-0.2, 0) is 0 Å². The average Bonchev–Trinajstić information content (AvgIpc) is 3.14. The molecule has 15 heavy (non-hydrogen) atoms. The molecule has 1 N–H and O–H groups in total. The molecule has 3 rings (SSSR count). The number of hydrogen-bond donors (Lipinski definition) is 1. The molecule has 1 nitrogen and oxygen atoms in total. The Labute approximate surface area is 97.8 Å². The molecule has 2 unspecified atom stereocenters. The van der Waals surface area contributed by atoms with Gasteiger partial charge in [-0.3, -0.25) is 0 Å². The Bertz CT molecular complexity index is 211. The molecule has 0 radical (unpaired) electrons. The van der Waals surface area contributed by atoms with Gasteiger partial charge in [0.25, 0.3) is 0 Å². The summed E-state index contributed by atoms with van der Waals surface area (Å²) in [5, 5.41) is 4.94. The number of rotatable bonds is 5. The van der Waals surface area contributed by atoms with Gasteiger partial charge in [-0.2, -0.15) is 11.8 Å². The van der Waals surface area contributed by atoms with Crippen molar-refractivity contribution in [3.63, 3.8) is 0 Å². The summed E-state index contributed by atoms with van der Waals surface area (Å²) in [6, 6.07) is 1.77. The van der Waals surface area contributed by atoms with Crippen LogP contribution in [0.2, 0.25) is 0 Å². The summed E-state index contributed by atoms with van der Waals surface area (Å²) in [7, 11) is 0. The highest BCUT2D eigenvalue weighted by Crippen LogP contribution is 2.45. The minimum absolute atomic E-state index is 0.855. The summed E-state index contributed by atoms with van der Waals surface area (Å²) in [5.74, 6) is 2.12. The minimum atomic E-state index is 0.855. The molecule has 0 saturated heterocycles. The van der Waals surface area contributed by atoms with E-state index in [1.807, 2.05) is 0 Å². The molecule has 86 valence electrons. The first-order valence-corrected chi connectivity index (χ1v) is 7.94. The minimum Gasteiger partial charge on any atom is -0.311 e. The molecule has 0 bridgehead atoms. The fraction of sp³-hybridized carbons (Fsp3) is 1.00. The van der Waals surface area contributed by atoms with Crippen LogP contribution in [0.1, 0.15) is 44.9 Å². The molecule has 0 heterocycles. The van der Waals surface area contributed by atoms with Gasteiger partial charge in [0, 0.05) is 17.3 Å². The van der Waals surface area contributed by atoms with E-state index < -0.39 is 0 Å². The molecule has 2 heteroatoms. The van der Waals surface area contributed by atoms with Gasteiger partial charge in [-0.25, -0.2) is 0 Å². The van der Waals surface area contributed by atoms with Gasteiger partial charge in [-0.05, 0) is 63.0 Å². The Morgan fingerprint density at radius 2 is 1.67 bits per heavy atom. The van der Waals surface area contributed by atoms with E-state index in [2.05, 4.69) is 23.3 Å². The number of thioether (sulfide) groups is 1. The lowest BCUT2D eigenvalue weighted by Crippen LogP contribution is -2.40. The summed E-state index contributed by atoms with van der Waals surface area (Å²) in [6.45, 7) is 0. The van der Waals surface area contributed by atoms with Crippen LogP contribution in [0.5, 0.6) is 0 Å². The van der Waals surface area contributed by atoms with Gasteiger partial charge >= 0.3 is 0 Å². The summed E-state index contributed by atoms with van der Waals surface area (Å²) in [4.78, 5) is 0. The summed E-state index contributed by atoms with van der Waals surface area (Å²) < 4.78 is 0. The predicted octanol–water partition coefficient (Wildman–Crippen LogP) is 3.05. The molecule has 0 aliphatic heterocycles. The van der Waals surface area contributed by atoms with E-state index in [0.717, 1.165) is 29.2 Å².